The van der Waals surface area contributed by atoms with E-state index in [0.29, 0.717) is 16.4 Å². The van der Waals surface area contributed by atoms with Gasteiger partial charge in [0.1, 0.15) is 11.5 Å². The van der Waals surface area contributed by atoms with Gasteiger partial charge in [0.15, 0.2) is 10.0 Å². The third-order valence-electron chi connectivity index (χ3n) is 1.54. The van der Waals surface area contributed by atoms with Crippen molar-refractivity contribution in [1.82, 2.24) is 0 Å². The molecule has 0 heterocycles. The number of rotatable bonds is 3. The molecule has 0 fully saturated rings. The van der Waals surface area contributed by atoms with Crippen molar-refractivity contribution in [1.29, 1.82) is 0 Å². The maximum absolute atomic E-state index is 11.0. The minimum atomic E-state index is -1.56. The Labute approximate surface area is 83.6 Å². The Kier molecular flexibility index (Phi) is 3.57. The summed E-state index contributed by atoms with van der Waals surface area (Å²) >= 11 is 0. The van der Waals surface area contributed by atoms with E-state index in [4.69, 9.17) is 20.2 Å². The lowest BCUT2D eigenvalue weighted by Crippen LogP contribution is -1.92. The zero-order valence-electron chi connectivity index (χ0n) is 7.24. The van der Waals surface area contributed by atoms with Gasteiger partial charge in [-0.1, -0.05) is 0 Å². The van der Waals surface area contributed by atoms with E-state index >= 15 is 0 Å². The summed E-state index contributed by atoms with van der Waals surface area (Å²) in [6.07, 6.45) is 0. The van der Waals surface area contributed by atoms with Crippen molar-refractivity contribution >= 4 is 20.7 Å². The largest absolute Gasteiger partial charge is 0.497 e. The molecule has 72 valence electrons. The van der Waals surface area contributed by atoms with Gasteiger partial charge in [0.25, 0.3) is 0 Å². The molecular formula is C8H9ClO3S. The first-order valence-corrected chi connectivity index (χ1v) is 5.46. The van der Waals surface area contributed by atoms with Gasteiger partial charge in [-0.25, -0.2) is 4.21 Å². The molecule has 1 aromatic carbocycles. The Hall–Kier alpha value is -0.740. The molecule has 0 aromatic heterocycles. The molecule has 1 atom stereocenters. The number of hydrogen-bond donors (Lipinski definition) is 0. The third kappa shape index (κ3) is 2.35. The van der Waals surface area contributed by atoms with E-state index in [0.717, 1.165) is 0 Å². The topological polar surface area (TPSA) is 35.5 Å². The van der Waals surface area contributed by atoms with E-state index in [1.54, 1.807) is 25.3 Å². The van der Waals surface area contributed by atoms with E-state index in [-0.39, 0.29) is 0 Å². The number of benzene rings is 1. The second-order valence-electron chi connectivity index (χ2n) is 2.24. The van der Waals surface area contributed by atoms with Crippen LogP contribution in [0.25, 0.3) is 0 Å². The van der Waals surface area contributed by atoms with Crippen LogP contribution in [0.15, 0.2) is 23.1 Å². The van der Waals surface area contributed by atoms with Crippen LogP contribution in [0.4, 0.5) is 0 Å². The third-order valence-corrected chi connectivity index (χ3v) is 2.73. The van der Waals surface area contributed by atoms with Crippen LogP contribution in [0.5, 0.6) is 11.5 Å². The van der Waals surface area contributed by atoms with Crippen LogP contribution in [-0.2, 0) is 10.0 Å². The van der Waals surface area contributed by atoms with E-state index in [1.165, 1.54) is 7.11 Å². The number of methoxy groups -OCH3 is 2. The van der Waals surface area contributed by atoms with Crippen molar-refractivity contribution in [2.75, 3.05) is 14.2 Å². The van der Waals surface area contributed by atoms with Crippen molar-refractivity contribution in [3.8, 4) is 11.5 Å². The number of ether oxygens (including phenoxy) is 2. The molecule has 0 spiro atoms. The molecule has 13 heavy (non-hydrogen) atoms. The zero-order chi connectivity index (χ0) is 9.84. The Morgan fingerprint density at radius 1 is 1.31 bits per heavy atom. The molecule has 1 rings (SSSR count). The fourth-order valence-electron chi connectivity index (χ4n) is 0.907. The molecule has 0 amide bonds. The Balaban J connectivity index is 3.15. The van der Waals surface area contributed by atoms with E-state index < -0.39 is 10.0 Å². The summed E-state index contributed by atoms with van der Waals surface area (Å²) in [5, 5.41) is 0. The molecular weight excluding hydrogens is 212 g/mol. The van der Waals surface area contributed by atoms with Crippen LogP contribution in [0, 0.1) is 0 Å². The van der Waals surface area contributed by atoms with Crippen LogP contribution < -0.4 is 9.47 Å². The van der Waals surface area contributed by atoms with Gasteiger partial charge in [0.05, 0.1) is 19.1 Å². The fraction of sp³-hybridized carbons (Fsp3) is 0.250. The average molecular weight is 221 g/mol. The van der Waals surface area contributed by atoms with Crippen molar-refractivity contribution in [3.05, 3.63) is 18.2 Å². The van der Waals surface area contributed by atoms with Crippen molar-refractivity contribution < 1.29 is 13.7 Å². The van der Waals surface area contributed by atoms with E-state index in [1.807, 2.05) is 0 Å². The molecule has 0 aliphatic carbocycles. The minimum Gasteiger partial charge on any atom is -0.497 e. The molecule has 1 aromatic rings. The van der Waals surface area contributed by atoms with Gasteiger partial charge in [0, 0.05) is 6.07 Å². The van der Waals surface area contributed by atoms with E-state index in [9.17, 15) is 4.21 Å². The highest BCUT2D eigenvalue weighted by atomic mass is 35.7. The zero-order valence-corrected chi connectivity index (χ0v) is 8.82. The van der Waals surface area contributed by atoms with Gasteiger partial charge in [-0.2, -0.15) is 0 Å². The molecule has 0 radical (unpaired) electrons. The van der Waals surface area contributed by atoms with Gasteiger partial charge in [-0.15, -0.1) is 0 Å². The molecule has 0 aliphatic heterocycles. The first-order valence-electron chi connectivity index (χ1n) is 3.49. The average Bonchev–Trinajstić information content (AvgIpc) is 2.16. The number of hydrogen-bond acceptors (Lipinski definition) is 3. The van der Waals surface area contributed by atoms with Crippen molar-refractivity contribution in [2.45, 2.75) is 4.90 Å². The van der Waals surface area contributed by atoms with E-state index in [2.05, 4.69) is 0 Å². The summed E-state index contributed by atoms with van der Waals surface area (Å²) in [6, 6.07) is 4.93. The lowest BCUT2D eigenvalue weighted by atomic mass is 10.3. The van der Waals surface area contributed by atoms with Gasteiger partial charge >= 0.3 is 0 Å². The van der Waals surface area contributed by atoms with Gasteiger partial charge in [-0.05, 0) is 22.8 Å². The molecule has 1 unspecified atom stereocenters. The quantitative estimate of drug-likeness (QED) is 0.731. The maximum Gasteiger partial charge on any atom is 0.151 e. The summed E-state index contributed by atoms with van der Waals surface area (Å²) in [5.74, 6) is 1.11. The van der Waals surface area contributed by atoms with Crippen LogP contribution in [-0.4, -0.2) is 18.4 Å². The van der Waals surface area contributed by atoms with Crippen LogP contribution >= 0.6 is 10.7 Å². The first-order chi connectivity index (χ1) is 6.19. The van der Waals surface area contributed by atoms with Crippen LogP contribution in [0.2, 0.25) is 0 Å². The Bertz CT molecular complexity index is 327. The van der Waals surface area contributed by atoms with Gasteiger partial charge in [0.2, 0.25) is 0 Å². The molecule has 0 bridgehead atoms. The second kappa shape index (κ2) is 4.48. The minimum absolute atomic E-state index is 0.449. The molecule has 0 aliphatic rings. The fourth-order valence-corrected chi connectivity index (χ4v) is 1.77. The maximum atomic E-state index is 11.0. The van der Waals surface area contributed by atoms with Crippen LogP contribution in [0.3, 0.4) is 0 Å². The Morgan fingerprint density at radius 2 is 2.00 bits per heavy atom. The molecule has 0 saturated heterocycles. The lowest BCUT2D eigenvalue weighted by molar-refractivity contribution is 0.387. The smallest absolute Gasteiger partial charge is 0.151 e. The summed E-state index contributed by atoms with van der Waals surface area (Å²) in [7, 11) is 6.91. The highest BCUT2D eigenvalue weighted by molar-refractivity contribution is 8.08. The highest BCUT2D eigenvalue weighted by Crippen LogP contribution is 2.28. The summed E-state index contributed by atoms with van der Waals surface area (Å²) in [4.78, 5) is 0.449. The van der Waals surface area contributed by atoms with Gasteiger partial charge in [-0.3, -0.25) is 0 Å². The normalized spacial score (nSPS) is 12.2. The van der Waals surface area contributed by atoms with Crippen molar-refractivity contribution in [2.24, 2.45) is 0 Å². The molecule has 0 saturated carbocycles. The van der Waals surface area contributed by atoms with Crippen molar-refractivity contribution in [3.63, 3.8) is 0 Å². The molecule has 0 N–H and O–H groups in total. The SMILES string of the molecule is COc1ccc(S(=O)Cl)c(OC)c1. The number of halogens is 1. The first kappa shape index (κ1) is 10.3. The molecule has 3 nitrogen and oxygen atoms in total. The lowest BCUT2D eigenvalue weighted by Gasteiger charge is -2.06. The summed E-state index contributed by atoms with van der Waals surface area (Å²) < 4.78 is 20.9. The van der Waals surface area contributed by atoms with Crippen LogP contribution in [0.1, 0.15) is 0 Å². The predicted molar refractivity (Wildman–Crippen MR) is 51.8 cm³/mol. The predicted octanol–water partition coefficient (Wildman–Crippen LogP) is 1.97. The monoisotopic (exact) mass is 220 g/mol. The highest BCUT2D eigenvalue weighted by Gasteiger charge is 2.09. The summed E-state index contributed by atoms with van der Waals surface area (Å²) in [6.45, 7) is 0. The standard InChI is InChI=1S/C8H9ClO3S/c1-11-6-3-4-8(13(9)10)7(5-6)12-2/h3-5H,1-2H3. The summed E-state index contributed by atoms with van der Waals surface area (Å²) in [5.41, 5.74) is 0. The Morgan fingerprint density at radius 3 is 2.46 bits per heavy atom. The molecule has 5 heteroatoms. The second-order valence-corrected chi connectivity index (χ2v) is 3.97. The van der Waals surface area contributed by atoms with Gasteiger partial charge < -0.3 is 9.47 Å².